The number of rotatable bonds is 4. The molecule has 0 bridgehead atoms. The van der Waals surface area contributed by atoms with Crippen molar-refractivity contribution < 1.29 is 9.18 Å². The lowest BCUT2D eigenvalue weighted by Gasteiger charge is -2.26. The van der Waals surface area contributed by atoms with Crippen LogP contribution in [0.15, 0.2) is 24.3 Å². The van der Waals surface area contributed by atoms with Crippen LogP contribution in [0.3, 0.4) is 0 Å². The average molecular weight is 266 g/mol. The van der Waals surface area contributed by atoms with Crippen LogP contribution in [0, 0.1) is 11.2 Å². The highest BCUT2D eigenvalue weighted by Crippen LogP contribution is 2.48. The first-order valence-electron chi connectivity index (χ1n) is 5.89. The maximum atomic E-state index is 13.7. The fourth-order valence-corrected chi connectivity index (χ4v) is 2.33. The number of thiocarbonyl (C=S) groups is 1. The number of nitrogens with two attached hydrogens (primary N) is 1. The van der Waals surface area contributed by atoms with Gasteiger partial charge in [-0.3, -0.25) is 4.79 Å². The molecule has 2 rings (SSSR count). The Bertz CT molecular complexity index is 500. The van der Waals surface area contributed by atoms with E-state index in [1.807, 2.05) is 0 Å². The molecule has 1 saturated carbocycles. The van der Waals surface area contributed by atoms with E-state index in [1.165, 1.54) is 11.0 Å². The molecule has 0 spiro atoms. The molecule has 0 radical (unpaired) electrons. The standard InChI is InChI=1S/C13H15FN2OS/c1-2-16(10-6-4-3-5-9(10)14)12(17)13(7-8-13)11(15)18/h3-6H,2,7-8H2,1H3,(H2,15,18). The van der Waals surface area contributed by atoms with E-state index in [-0.39, 0.29) is 16.6 Å². The van der Waals surface area contributed by atoms with E-state index in [1.54, 1.807) is 25.1 Å². The van der Waals surface area contributed by atoms with Crippen LogP contribution >= 0.6 is 12.2 Å². The maximum Gasteiger partial charge on any atom is 0.240 e. The second-order valence-corrected chi connectivity index (χ2v) is 4.89. The number of para-hydroxylation sites is 1. The summed E-state index contributed by atoms with van der Waals surface area (Å²) in [6.07, 6.45) is 1.32. The Hall–Kier alpha value is -1.49. The largest absolute Gasteiger partial charge is 0.392 e. The van der Waals surface area contributed by atoms with E-state index in [9.17, 15) is 9.18 Å². The van der Waals surface area contributed by atoms with Crippen molar-refractivity contribution in [2.75, 3.05) is 11.4 Å². The van der Waals surface area contributed by atoms with Gasteiger partial charge in [-0.25, -0.2) is 4.39 Å². The minimum absolute atomic E-state index is 0.192. The molecule has 5 heteroatoms. The van der Waals surface area contributed by atoms with Gasteiger partial charge in [0.25, 0.3) is 0 Å². The second kappa shape index (κ2) is 4.65. The summed E-state index contributed by atoms with van der Waals surface area (Å²) in [6.45, 7) is 2.20. The smallest absolute Gasteiger partial charge is 0.240 e. The number of nitrogens with zero attached hydrogens (tertiary/aromatic N) is 1. The molecule has 18 heavy (non-hydrogen) atoms. The zero-order chi connectivity index (χ0) is 13.3. The van der Waals surface area contributed by atoms with Gasteiger partial charge in [0.2, 0.25) is 5.91 Å². The van der Waals surface area contributed by atoms with Crippen LogP contribution in [0.2, 0.25) is 0 Å². The predicted molar refractivity (Wildman–Crippen MR) is 72.9 cm³/mol. The number of carbonyl (C=O) groups is 1. The number of halogens is 1. The highest BCUT2D eigenvalue weighted by atomic mass is 32.1. The predicted octanol–water partition coefficient (Wildman–Crippen LogP) is 2.24. The third kappa shape index (κ3) is 1.99. The number of hydrogen-bond acceptors (Lipinski definition) is 2. The Balaban J connectivity index is 2.33. The Labute approximate surface area is 111 Å². The van der Waals surface area contributed by atoms with Crippen molar-refractivity contribution in [2.24, 2.45) is 11.1 Å². The summed E-state index contributed by atoms with van der Waals surface area (Å²) in [5, 5.41) is 0. The minimum atomic E-state index is -0.742. The van der Waals surface area contributed by atoms with Gasteiger partial charge in [-0.1, -0.05) is 24.4 Å². The van der Waals surface area contributed by atoms with Crippen molar-refractivity contribution in [3.8, 4) is 0 Å². The number of amides is 1. The van der Waals surface area contributed by atoms with Gasteiger partial charge in [-0.05, 0) is 31.9 Å². The molecule has 0 atom stereocenters. The quantitative estimate of drug-likeness (QED) is 0.850. The zero-order valence-electron chi connectivity index (χ0n) is 10.1. The Kier molecular flexibility index (Phi) is 3.34. The fourth-order valence-electron chi connectivity index (χ4n) is 2.04. The lowest BCUT2D eigenvalue weighted by Crippen LogP contribution is -2.43. The monoisotopic (exact) mass is 266 g/mol. The van der Waals surface area contributed by atoms with Crippen LogP contribution in [0.25, 0.3) is 0 Å². The van der Waals surface area contributed by atoms with E-state index < -0.39 is 11.2 Å². The topological polar surface area (TPSA) is 46.3 Å². The lowest BCUT2D eigenvalue weighted by atomic mass is 10.0. The first kappa shape index (κ1) is 13.0. The number of carbonyl (C=O) groups excluding carboxylic acids is 1. The molecule has 0 saturated heterocycles. The van der Waals surface area contributed by atoms with Crippen LogP contribution in [-0.2, 0) is 4.79 Å². The Morgan fingerprint density at radius 1 is 1.50 bits per heavy atom. The third-order valence-electron chi connectivity index (χ3n) is 3.34. The summed E-state index contributed by atoms with van der Waals surface area (Å²) in [4.78, 5) is 14.1. The van der Waals surface area contributed by atoms with Crippen molar-refractivity contribution in [3.63, 3.8) is 0 Å². The van der Waals surface area contributed by atoms with Crippen LogP contribution in [0.5, 0.6) is 0 Å². The summed E-state index contributed by atoms with van der Waals surface area (Å²) in [7, 11) is 0. The van der Waals surface area contributed by atoms with Crippen molar-refractivity contribution in [1.82, 2.24) is 0 Å². The van der Waals surface area contributed by atoms with Crippen LogP contribution < -0.4 is 10.6 Å². The maximum absolute atomic E-state index is 13.7. The molecular formula is C13H15FN2OS. The molecule has 1 aliphatic carbocycles. The zero-order valence-corrected chi connectivity index (χ0v) is 11.0. The van der Waals surface area contributed by atoms with Crippen molar-refractivity contribution in [1.29, 1.82) is 0 Å². The second-order valence-electron chi connectivity index (χ2n) is 4.45. The summed E-state index contributed by atoms with van der Waals surface area (Å²) >= 11 is 4.96. The molecule has 96 valence electrons. The summed E-state index contributed by atoms with van der Waals surface area (Å²) in [5.74, 6) is -0.603. The van der Waals surface area contributed by atoms with Gasteiger partial charge in [0.15, 0.2) is 0 Å². The fraction of sp³-hybridized carbons (Fsp3) is 0.385. The van der Waals surface area contributed by atoms with Gasteiger partial charge < -0.3 is 10.6 Å². The van der Waals surface area contributed by atoms with Gasteiger partial charge in [0.05, 0.1) is 16.1 Å². The summed E-state index contributed by atoms with van der Waals surface area (Å²) in [5.41, 5.74) is 5.17. The van der Waals surface area contributed by atoms with E-state index in [2.05, 4.69) is 0 Å². The molecular weight excluding hydrogens is 251 g/mol. The number of anilines is 1. The van der Waals surface area contributed by atoms with E-state index in [4.69, 9.17) is 18.0 Å². The van der Waals surface area contributed by atoms with Crippen molar-refractivity contribution in [2.45, 2.75) is 19.8 Å². The van der Waals surface area contributed by atoms with E-state index >= 15 is 0 Å². The molecule has 1 fully saturated rings. The molecule has 3 nitrogen and oxygen atoms in total. The number of hydrogen-bond donors (Lipinski definition) is 1. The highest BCUT2D eigenvalue weighted by molar-refractivity contribution is 7.80. The van der Waals surface area contributed by atoms with E-state index in [0.717, 1.165) is 0 Å². The van der Waals surface area contributed by atoms with Crippen molar-refractivity contribution in [3.05, 3.63) is 30.1 Å². The molecule has 1 aromatic rings. The van der Waals surface area contributed by atoms with Crippen LogP contribution in [0.1, 0.15) is 19.8 Å². The molecule has 0 heterocycles. The Morgan fingerprint density at radius 3 is 2.56 bits per heavy atom. The average Bonchev–Trinajstić information content (AvgIpc) is 3.13. The first-order valence-corrected chi connectivity index (χ1v) is 6.30. The Morgan fingerprint density at radius 2 is 2.11 bits per heavy atom. The normalized spacial score (nSPS) is 16.1. The van der Waals surface area contributed by atoms with Crippen LogP contribution in [0.4, 0.5) is 10.1 Å². The van der Waals surface area contributed by atoms with Crippen molar-refractivity contribution >= 4 is 28.8 Å². The van der Waals surface area contributed by atoms with Gasteiger partial charge in [-0.15, -0.1) is 0 Å². The molecule has 0 aromatic heterocycles. The van der Waals surface area contributed by atoms with Gasteiger partial charge in [0.1, 0.15) is 5.82 Å². The molecule has 0 aliphatic heterocycles. The first-order chi connectivity index (χ1) is 8.53. The lowest BCUT2D eigenvalue weighted by molar-refractivity contribution is -0.121. The summed E-state index contributed by atoms with van der Waals surface area (Å²) < 4.78 is 13.7. The third-order valence-corrected chi connectivity index (χ3v) is 3.73. The van der Waals surface area contributed by atoms with Gasteiger partial charge in [0, 0.05) is 6.54 Å². The molecule has 0 unspecified atom stereocenters. The molecule has 2 N–H and O–H groups in total. The highest BCUT2D eigenvalue weighted by Gasteiger charge is 2.54. The summed E-state index contributed by atoms with van der Waals surface area (Å²) in [6, 6.07) is 6.23. The van der Waals surface area contributed by atoms with E-state index in [0.29, 0.717) is 19.4 Å². The molecule has 1 aliphatic rings. The van der Waals surface area contributed by atoms with Gasteiger partial charge >= 0.3 is 0 Å². The van der Waals surface area contributed by atoms with Gasteiger partial charge in [-0.2, -0.15) is 0 Å². The number of benzene rings is 1. The minimum Gasteiger partial charge on any atom is -0.392 e. The SMILES string of the molecule is CCN(C(=O)C1(C(N)=S)CC1)c1ccccc1F. The molecule has 1 aromatic carbocycles. The van der Waals surface area contributed by atoms with Crippen LogP contribution in [-0.4, -0.2) is 17.4 Å². The molecule has 1 amide bonds.